The lowest BCUT2D eigenvalue weighted by atomic mass is 10.2. The minimum Gasteiger partial charge on any atom is -0.478 e. The molecule has 0 spiro atoms. The molecule has 4 N–H and O–H groups in total. The number of carbonyl (C=O) groups is 3. The molecule has 1 aromatic rings. The maximum Gasteiger partial charge on any atom is 0.337 e. The van der Waals surface area contributed by atoms with Crippen LogP contribution in [0.15, 0.2) is 18.2 Å². The summed E-state index contributed by atoms with van der Waals surface area (Å²) in [5, 5.41) is 16.4. The molecule has 3 amide bonds. The Morgan fingerprint density at radius 3 is 2.40 bits per heavy atom. The smallest absolute Gasteiger partial charge is 0.337 e. The van der Waals surface area contributed by atoms with Crippen molar-refractivity contribution >= 4 is 35.2 Å². The van der Waals surface area contributed by atoms with Crippen LogP contribution < -0.4 is 16.0 Å². The van der Waals surface area contributed by atoms with E-state index in [4.69, 9.17) is 16.7 Å². The van der Waals surface area contributed by atoms with Crippen molar-refractivity contribution < 1.29 is 19.5 Å². The largest absolute Gasteiger partial charge is 0.478 e. The van der Waals surface area contributed by atoms with Gasteiger partial charge < -0.3 is 21.1 Å². The number of carbonyl (C=O) groups excluding carboxylic acids is 2. The van der Waals surface area contributed by atoms with Crippen LogP contribution in [0.25, 0.3) is 0 Å². The first kappa shape index (κ1) is 15.8. The second-order valence-corrected chi connectivity index (χ2v) is 4.27. The number of aromatic carboxylic acids is 1. The molecule has 1 aromatic carbocycles. The third-order valence-electron chi connectivity index (χ3n) is 2.24. The molecule has 0 saturated carbocycles. The molecule has 0 bridgehead atoms. The summed E-state index contributed by atoms with van der Waals surface area (Å²) in [6.07, 6.45) is 0. The van der Waals surface area contributed by atoms with Gasteiger partial charge in [-0.3, -0.25) is 4.79 Å². The van der Waals surface area contributed by atoms with Crippen LogP contribution in [0.5, 0.6) is 0 Å². The zero-order valence-corrected chi connectivity index (χ0v) is 11.5. The molecule has 0 heterocycles. The van der Waals surface area contributed by atoms with E-state index in [-0.39, 0.29) is 23.0 Å². The molecule has 7 nitrogen and oxygen atoms in total. The van der Waals surface area contributed by atoms with E-state index in [9.17, 15) is 14.4 Å². The molecule has 0 unspecified atom stereocenters. The highest BCUT2D eigenvalue weighted by Crippen LogP contribution is 2.20. The van der Waals surface area contributed by atoms with Gasteiger partial charge >= 0.3 is 12.0 Å². The molecule has 0 saturated heterocycles. The molecular formula is C12H14ClN3O4. The molecule has 0 aliphatic carbocycles. The van der Waals surface area contributed by atoms with Crippen molar-refractivity contribution in [3.63, 3.8) is 0 Å². The quantitative estimate of drug-likeness (QED) is 0.615. The van der Waals surface area contributed by atoms with E-state index < -0.39 is 12.0 Å². The number of nitrogens with one attached hydrogen (secondary N) is 3. The third kappa shape index (κ3) is 5.15. The highest BCUT2D eigenvalue weighted by molar-refractivity contribution is 6.33. The number of carboxylic acid groups (broad SMARTS) is 1. The molecule has 20 heavy (non-hydrogen) atoms. The first-order chi connectivity index (χ1) is 9.40. The van der Waals surface area contributed by atoms with Gasteiger partial charge in [-0.2, -0.15) is 0 Å². The maximum absolute atomic E-state index is 11.5. The van der Waals surface area contributed by atoms with Gasteiger partial charge in [0.15, 0.2) is 0 Å². The summed E-state index contributed by atoms with van der Waals surface area (Å²) in [5.41, 5.74) is 0.334. The van der Waals surface area contributed by atoms with Crippen LogP contribution in [-0.2, 0) is 4.79 Å². The highest BCUT2D eigenvalue weighted by Gasteiger charge is 2.09. The zero-order chi connectivity index (χ0) is 15.1. The number of amides is 3. The van der Waals surface area contributed by atoms with Gasteiger partial charge in [0.25, 0.3) is 0 Å². The monoisotopic (exact) mass is 299 g/mol. The minimum atomic E-state index is -1.14. The Bertz CT molecular complexity index is 533. The number of rotatable bonds is 5. The normalized spacial score (nSPS) is 9.70. The second-order valence-electron chi connectivity index (χ2n) is 3.86. The average Bonchev–Trinajstić information content (AvgIpc) is 2.34. The van der Waals surface area contributed by atoms with Crippen molar-refractivity contribution in [2.24, 2.45) is 0 Å². The predicted octanol–water partition coefficient (Wildman–Crippen LogP) is 1.30. The Balaban J connectivity index is 2.48. The van der Waals surface area contributed by atoms with Gasteiger partial charge in [0.2, 0.25) is 5.91 Å². The van der Waals surface area contributed by atoms with E-state index in [1.54, 1.807) is 0 Å². The van der Waals surface area contributed by atoms with E-state index in [1.165, 1.54) is 25.1 Å². The maximum atomic E-state index is 11.5. The van der Waals surface area contributed by atoms with E-state index >= 15 is 0 Å². The number of benzene rings is 1. The van der Waals surface area contributed by atoms with Crippen molar-refractivity contribution in [3.8, 4) is 0 Å². The van der Waals surface area contributed by atoms with Crippen LogP contribution in [0.4, 0.5) is 10.5 Å². The fourth-order valence-electron chi connectivity index (χ4n) is 1.36. The Morgan fingerprint density at radius 1 is 1.20 bits per heavy atom. The van der Waals surface area contributed by atoms with Gasteiger partial charge in [-0.25, -0.2) is 9.59 Å². The van der Waals surface area contributed by atoms with Crippen LogP contribution in [-0.4, -0.2) is 36.1 Å². The summed E-state index contributed by atoms with van der Waals surface area (Å²) < 4.78 is 0. The van der Waals surface area contributed by atoms with E-state index in [1.807, 2.05) is 0 Å². The molecule has 1 rings (SSSR count). The topological polar surface area (TPSA) is 108 Å². The number of anilines is 1. The predicted molar refractivity (Wildman–Crippen MR) is 74.1 cm³/mol. The molecular weight excluding hydrogens is 286 g/mol. The molecule has 108 valence electrons. The van der Waals surface area contributed by atoms with E-state index in [0.717, 1.165) is 0 Å². The fourth-order valence-corrected chi connectivity index (χ4v) is 1.62. The van der Waals surface area contributed by atoms with Crippen LogP contribution in [0, 0.1) is 0 Å². The highest BCUT2D eigenvalue weighted by atomic mass is 35.5. The molecule has 0 aliphatic rings. The molecule has 8 heteroatoms. The van der Waals surface area contributed by atoms with Crippen LogP contribution in [0.2, 0.25) is 5.02 Å². The van der Waals surface area contributed by atoms with Crippen molar-refractivity contribution in [2.75, 3.05) is 18.4 Å². The lowest BCUT2D eigenvalue weighted by Gasteiger charge is -2.09. The molecule has 0 radical (unpaired) electrons. The SMILES string of the molecule is CC(=O)NCCNC(=O)Nc1ccc(C(=O)O)c(Cl)c1. The second kappa shape index (κ2) is 7.34. The lowest BCUT2D eigenvalue weighted by molar-refractivity contribution is -0.118. The molecule has 0 aromatic heterocycles. The summed E-state index contributed by atoms with van der Waals surface area (Å²) in [7, 11) is 0. The number of carboxylic acids is 1. The van der Waals surface area contributed by atoms with Crippen molar-refractivity contribution in [2.45, 2.75) is 6.92 Å². The molecule has 0 aliphatic heterocycles. The first-order valence-corrected chi connectivity index (χ1v) is 6.10. The van der Waals surface area contributed by atoms with E-state index in [2.05, 4.69) is 16.0 Å². The lowest BCUT2D eigenvalue weighted by Crippen LogP contribution is -2.36. The first-order valence-electron chi connectivity index (χ1n) is 5.72. The third-order valence-corrected chi connectivity index (χ3v) is 2.55. The van der Waals surface area contributed by atoms with Gasteiger partial charge in [0.1, 0.15) is 0 Å². The summed E-state index contributed by atoms with van der Waals surface area (Å²) in [5.74, 6) is -1.32. The van der Waals surface area contributed by atoms with E-state index in [0.29, 0.717) is 12.2 Å². The fraction of sp³-hybridized carbons (Fsp3) is 0.250. The van der Waals surface area contributed by atoms with Crippen molar-refractivity contribution in [1.29, 1.82) is 0 Å². The summed E-state index contributed by atoms with van der Waals surface area (Å²) in [4.78, 5) is 32.9. The Morgan fingerprint density at radius 2 is 1.85 bits per heavy atom. The Hall–Kier alpha value is -2.28. The standard InChI is InChI=1S/C12H14ClN3O4/c1-7(17)14-4-5-15-12(20)16-8-2-3-9(11(18)19)10(13)6-8/h2-3,6H,4-5H2,1H3,(H,14,17)(H,18,19)(H2,15,16,20). The average molecular weight is 300 g/mol. The molecule has 0 fully saturated rings. The molecule has 0 atom stereocenters. The number of urea groups is 1. The van der Waals surface area contributed by atoms with Gasteiger partial charge in [0.05, 0.1) is 10.6 Å². The summed E-state index contributed by atoms with van der Waals surface area (Å²) >= 11 is 5.77. The van der Waals surface area contributed by atoms with Crippen LogP contribution in [0.1, 0.15) is 17.3 Å². The van der Waals surface area contributed by atoms with Crippen molar-refractivity contribution in [1.82, 2.24) is 10.6 Å². The summed E-state index contributed by atoms with van der Waals surface area (Å²) in [6.45, 7) is 1.97. The van der Waals surface area contributed by atoms with Crippen LogP contribution in [0.3, 0.4) is 0 Å². The zero-order valence-electron chi connectivity index (χ0n) is 10.7. The van der Waals surface area contributed by atoms with Gasteiger partial charge in [-0.15, -0.1) is 0 Å². The summed E-state index contributed by atoms with van der Waals surface area (Å²) in [6, 6.07) is 3.60. The number of halogens is 1. The van der Waals surface area contributed by atoms with Gasteiger partial charge in [-0.05, 0) is 18.2 Å². The number of hydrogen-bond donors (Lipinski definition) is 4. The minimum absolute atomic E-state index is 0.0357. The van der Waals surface area contributed by atoms with Gasteiger partial charge in [-0.1, -0.05) is 11.6 Å². The number of hydrogen-bond acceptors (Lipinski definition) is 3. The van der Waals surface area contributed by atoms with Crippen LogP contribution >= 0.6 is 11.6 Å². The van der Waals surface area contributed by atoms with Gasteiger partial charge in [0, 0.05) is 25.7 Å². The Kier molecular flexibility index (Phi) is 5.79. The van der Waals surface area contributed by atoms with Crippen molar-refractivity contribution in [3.05, 3.63) is 28.8 Å². The Labute approximate surface area is 120 Å².